The first-order valence-corrected chi connectivity index (χ1v) is 7.71. The Balaban J connectivity index is 2.10. The molecule has 0 heterocycles. The van der Waals surface area contributed by atoms with E-state index >= 15 is 0 Å². The Morgan fingerprint density at radius 2 is 1.83 bits per heavy atom. The van der Waals surface area contributed by atoms with Gasteiger partial charge < -0.3 is 10.4 Å². The molecule has 2 aromatic rings. The van der Waals surface area contributed by atoms with Crippen LogP contribution in [-0.4, -0.2) is 21.9 Å². The minimum atomic E-state index is -1.14. The first-order chi connectivity index (χ1) is 11.4. The van der Waals surface area contributed by atoms with Crippen molar-refractivity contribution in [3.05, 3.63) is 73.4 Å². The second-order valence-corrected chi connectivity index (χ2v) is 5.91. The first kappa shape index (κ1) is 17.6. The van der Waals surface area contributed by atoms with Crippen LogP contribution in [0.25, 0.3) is 6.08 Å². The average Bonchev–Trinajstić information content (AvgIpc) is 2.54. The Labute approximate surface area is 150 Å². The number of amides is 1. The van der Waals surface area contributed by atoms with Crippen molar-refractivity contribution >= 4 is 51.9 Å². The number of nitrogens with zero attached hydrogens (tertiary/aromatic N) is 1. The molecular formula is C16H11IN2O5. The highest BCUT2D eigenvalue weighted by molar-refractivity contribution is 14.1. The van der Waals surface area contributed by atoms with Crippen molar-refractivity contribution in [1.29, 1.82) is 0 Å². The van der Waals surface area contributed by atoms with Gasteiger partial charge in [0.25, 0.3) is 5.69 Å². The number of anilines is 1. The molecule has 0 saturated carbocycles. The Morgan fingerprint density at radius 1 is 1.17 bits per heavy atom. The smallest absolute Gasteiger partial charge is 0.337 e. The molecule has 7 nitrogen and oxygen atoms in total. The quantitative estimate of drug-likeness (QED) is 0.321. The number of hydrogen-bond acceptors (Lipinski definition) is 4. The zero-order chi connectivity index (χ0) is 17.7. The van der Waals surface area contributed by atoms with E-state index in [0.717, 1.165) is 3.57 Å². The minimum Gasteiger partial charge on any atom is -0.478 e. The van der Waals surface area contributed by atoms with Crippen LogP contribution in [0.5, 0.6) is 0 Å². The van der Waals surface area contributed by atoms with Gasteiger partial charge in [-0.3, -0.25) is 14.9 Å². The predicted octanol–water partition coefficient (Wildman–Crippen LogP) is 3.55. The number of hydrogen-bond donors (Lipinski definition) is 2. The van der Waals surface area contributed by atoms with Crippen molar-refractivity contribution in [2.45, 2.75) is 0 Å². The largest absolute Gasteiger partial charge is 0.478 e. The molecule has 0 radical (unpaired) electrons. The van der Waals surface area contributed by atoms with E-state index in [1.54, 1.807) is 6.07 Å². The lowest BCUT2D eigenvalue weighted by molar-refractivity contribution is -0.384. The highest BCUT2D eigenvalue weighted by atomic mass is 127. The van der Waals surface area contributed by atoms with Gasteiger partial charge in [0.1, 0.15) is 0 Å². The average molecular weight is 438 g/mol. The Kier molecular flexibility index (Phi) is 5.64. The fourth-order valence-electron chi connectivity index (χ4n) is 1.86. The van der Waals surface area contributed by atoms with Crippen molar-refractivity contribution in [3.8, 4) is 0 Å². The summed E-state index contributed by atoms with van der Waals surface area (Å²) in [6, 6.07) is 10.3. The number of non-ortho nitro benzene ring substituents is 1. The summed E-state index contributed by atoms with van der Waals surface area (Å²) in [5.74, 6) is -1.64. The number of carboxylic acid groups (broad SMARTS) is 1. The Hall–Kier alpha value is -2.75. The summed E-state index contributed by atoms with van der Waals surface area (Å²) in [6.07, 6.45) is 2.71. The number of halogens is 1. The SMILES string of the molecule is O=C(/C=C/c1ccc([N+](=O)[O-])cc1)Nc1ccc(I)cc1C(=O)O. The van der Waals surface area contributed by atoms with Gasteiger partial charge in [0.15, 0.2) is 0 Å². The van der Waals surface area contributed by atoms with Crippen LogP contribution in [0.3, 0.4) is 0 Å². The van der Waals surface area contributed by atoms with Crippen molar-refractivity contribution < 1.29 is 19.6 Å². The monoisotopic (exact) mass is 438 g/mol. The zero-order valence-electron chi connectivity index (χ0n) is 12.1. The topological polar surface area (TPSA) is 110 Å². The summed E-state index contributed by atoms with van der Waals surface area (Å²) in [6.45, 7) is 0. The molecule has 0 unspecified atom stereocenters. The van der Waals surface area contributed by atoms with Crippen LogP contribution in [0.15, 0.2) is 48.5 Å². The van der Waals surface area contributed by atoms with Gasteiger partial charge in [0.05, 0.1) is 16.2 Å². The maximum Gasteiger partial charge on any atom is 0.337 e. The van der Waals surface area contributed by atoms with Gasteiger partial charge in [-0.05, 0) is 64.6 Å². The number of nitro groups is 1. The summed E-state index contributed by atoms with van der Waals surface area (Å²) in [5.41, 5.74) is 0.763. The lowest BCUT2D eigenvalue weighted by Gasteiger charge is -2.07. The summed E-state index contributed by atoms with van der Waals surface area (Å²) in [4.78, 5) is 33.2. The van der Waals surface area contributed by atoms with Gasteiger partial charge in [-0.25, -0.2) is 4.79 Å². The number of carbonyl (C=O) groups excluding carboxylic acids is 1. The van der Waals surface area contributed by atoms with Gasteiger partial charge in [-0.15, -0.1) is 0 Å². The van der Waals surface area contributed by atoms with E-state index in [1.807, 2.05) is 22.6 Å². The summed E-state index contributed by atoms with van der Waals surface area (Å²) in [7, 11) is 0. The van der Waals surface area contributed by atoms with Crippen LogP contribution in [-0.2, 0) is 4.79 Å². The standard InChI is InChI=1S/C16H11IN2O5/c17-11-4-7-14(13(9-11)16(21)22)18-15(20)8-3-10-1-5-12(6-2-10)19(23)24/h1-9H,(H,18,20)(H,21,22)/b8-3+. The molecule has 122 valence electrons. The maximum absolute atomic E-state index is 11.9. The van der Waals surface area contributed by atoms with E-state index in [-0.39, 0.29) is 16.9 Å². The van der Waals surface area contributed by atoms with E-state index in [2.05, 4.69) is 5.32 Å². The molecule has 0 aromatic heterocycles. The number of nitro benzene ring substituents is 1. The van der Waals surface area contributed by atoms with Gasteiger partial charge >= 0.3 is 5.97 Å². The fraction of sp³-hybridized carbons (Fsp3) is 0. The minimum absolute atomic E-state index is 0.000939. The number of rotatable bonds is 5. The van der Waals surface area contributed by atoms with E-state index in [9.17, 15) is 19.7 Å². The highest BCUT2D eigenvalue weighted by Gasteiger charge is 2.12. The molecule has 0 bridgehead atoms. The molecule has 0 atom stereocenters. The molecule has 2 rings (SSSR count). The molecule has 0 aliphatic rings. The molecule has 8 heteroatoms. The normalized spacial score (nSPS) is 10.5. The number of carbonyl (C=O) groups is 2. The van der Waals surface area contributed by atoms with Gasteiger partial charge in [-0.1, -0.05) is 0 Å². The van der Waals surface area contributed by atoms with Crippen LogP contribution in [0.1, 0.15) is 15.9 Å². The Bertz CT molecular complexity index is 831. The molecule has 0 saturated heterocycles. The summed E-state index contributed by atoms with van der Waals surface area (Å²) < 4.78 is 0.740. The molecule has 2 aromatic carbocycles. The first-order valence-electron chi connectivity index (χ1n) is 6.63. The van der Waals surface area contributed by atoms with Gasteiger partial charge in [-0.2, -0.15) is 0 Å². The predicted molar refractivity (Wildman–Crippen MR) is 96.9 cm³/mol. The molecule has 24 heavy (non-hydrogen) atoms. The molecular weight excluding hydrogens is 427 g/mol. The van der Waals surface area contributed by atoms with E-state index in [4.69, 9.17) is 5.11 Å². The molecule has 1 amide bonds. The van der Waals surface area contributed by atoms with Crippen LogP contribution in [0, 0.1) is 13.7 Å². The molecule has 0 fully saturated rings. The molecule has 2 N–H and O–H groups in total. The third kappa shape index (κ3) is 4.62. The third-order valence-corrected chi connectivity index (χ3v) is 3.67. The second-order valence-electron chi connectivity index (χ2n) is 4.67. The number of carboxylic acids is 1. The van der Waals surface area contributed by atoms with Crippen molar-refractivity contribution in [1.82, 2.24) is 0 Å². The lowest BCUT2D eigenvalue weighted by Crippen LogP contribution is -2.12. The van der Waals surface area contributed by atoms with Crippen LogP contribution < -0.4 is 5.32 Å². The van der Waals surface area contributed by atoms with Crippen LogP contribution in [0.2, 0.25) is 0 Å². The van der Waals surface area contributed by atoms with Crippen LogP contribution >= 0.6 is 22.6 Å². The van der Waals surface area contributed by atoms with E-state index in [0.29, 0.717) is 5.56 Å². The van der Waals surface area contributed by atoms with E-state index in [1.165, 1.54) is 48.6 Å². The lowest BCUT2D eigenvalue weighted by atomic mass is 10.1. The number of aromatic carboxylic acids is 1. The summed E-state index contributed by atoms with van der Waals surface area (Å²) in [5, 5.41) is 22.2. The van der Waals surface area contributed by atoms with E-state index < -0.39 is 16.8 Å². The highest BCUT2D eigenvalue weighted by Crippen LogP contribution is 2.19. The van der Waals surface area contributed by atoms with Gasteiger partial charge in [0.2, 0.25) is 5.91 Å². The second kappa shape index (κ2) is 7.68. The molecule has 0 aliphatic carbocycles. The zero-order valence-corrected chi connectivity index (χ0v) is 14.3. The number of benzene rings is 2. The van der Waals surface area contributed by atoms with Crippen molar-refractivity contribution in [2.24, 2.45) is 0 Å². The van der Waals surface area contributed by atoms with Gasteiger partial charge in [0, 0.05) is 21.8 Å². The molecule has 0 spiro atoms. The summed E-state index contributed by atoms with van der Waals surface area (Å²) >= 11 is 1.98. The van der Waals surface area contributed by atoms with Crippen LogP contribution in [0.4, 0.5) is 11.4 Å². The third-order valence-electron chi connectivity index (χ3n) is 3.00. The fourth-order valence-corrected chi connectivity index (χ4v) is 2.35. The van der Waals surface area contributed by atoms with Crippen molar-refractivity contribution in [2.75, 3.05) is 5.32 Å². The Morgan fingerprint density at radius 3 is 2.42 bits per heavy atom. The molecule has 0 aliphatic heterocycles. The maximum atomic E-state index is 11.9. The number of nitrogens with one attached hydrogen (secondary N) is 1. The van der Waals surface area contributed by atoms with Crippen molar-refractivity contribution in [3.63, 3.8) is 0 Å².